The lowest BCUT2D eigenvalue weighted by atomic mass is 10.1. The number of amides is 1. The second-order valence-corrected chi connectivity index (χ2v) is 4.90. The molecule has 0 bridgehead atoms. The first-order valence-corrected chi connectivity index (χ1v) is 6.91. The molecule has 0 saturated heterocycles. The van der Waals surface area contributed by atoms with E-state index in [1.165, 1.54) is 6.20 Å². The summed E-state index contributed by atoms with van der Waals surface area (Å²) < 4.78 is 0. The number of nitrogens with zero attached hydrogens (tertiary/aromatic N) is 1. The molecule has 0 unspecified atom stereocenters. The van der Waals surface area contributed by atoms with Gasteiger partial charge in [-0.2, -0.15) is 5.26 Å². The summed E-state index contributed by atoms with van der Waals surface area (Å²) in [6.07, 6.45) is 1.44. The Morgan fingerprint density at radius 1 is 1.05 bits per heavy atom. The highest BCUT2D eigenvalue weighted by molar-refractivity contribution is 6.06. The minimum absolute atomic E-state index is 0.0199. The number of aryl methyl sites for hydroxylation is 2. The number of benzene rings is 2. The van der Waals surface area contributed by atoms with Crippen LogP contribution >= 0.6 is 0 Å². The standard InChI is InChI=1S/C18H17N3O/c1-13-7-6-8-14(2)17(13)20-12-15(11-19)18(22)21-16-9-4-3-5-10-16/h3-10,12,20H,1-2H3,(H,21,22)/b15-12+. The molecule has 22 heavy (non-hydrogen) atoms. The van der Waals surface area contributed by atoms with Gasteiger partial charge in [-0.1, -0.05) is 36.4 Å². The molecule has 2 N–H and O–H groups in total. The molecule has 4 nitrogen and oxygen atoms in total. The van der Waals surface area contributed by atoms with Crippen LogP contribution in [0.5, 0.6) is 0 Å². The molecule has 2 aromatic rings. The molecule has 2 rings (SSSR count). The number of nitriles is 1. The number of carbonyl (C=O) groups excluding carboxylic acids is 1. The van der Waals surface area contributed by atoms with Crippen LogP contribution in [0.2, 0.25) is 0 Å². The van der Waals surface area contributed by atoms with Crippen LogP contribution in [0.1, 0.15) is 11.1 Å². The van der Waals surface area contributed by atoms with E-state index < -0.39 is 5.91 Å². The molecule has 0 saturated carbocycles. The van der Waals surface area contributed by atoms with Gasteiger partial charge in [0.15, 0.2) is 0 Å². The third-order valence-electron chi connectivity index (χ3n) is 3.24. The summed E-state index contributed by atoms with van der Waals surface area (Å²) in [5, 5.41) is 14.9. The van der Waals surface area contributed by atoms with Gasteiger partial charge in [0.2, 0.25) is 0 Å². The fourth-order valence-electron chi connectivity index (χ4n) is 2.05. The van der Waals surface area contributed by atoms with Gasteiger partial charge in [-0.3, -0.25) is 4.79 Å². The lowest BCUT2D eigenvalue weighted by Gasteiger charge is -2.10. The number of nitrogens with one attached hydrogen (secondary N) is 2. The molecular formula is C18H17N3O. The first-order valence-electron chi connectivity index (χ1n) is 6.91. The molecule has 0 aliphatic rings. The van der Waals surface area contributed by atoms with Crippen molar-refractivity contribution in [1.29, 1.82) is 5.26 Å². The van der Waals surface area contributed by atoms with E-state index in [2.05, 4.69) is 10.6 Å². The number of hydrogen-bond donors (Lipinski definition) is 2. The van der Waals surface area contributed by atoms with Crippen LogP contribution < -0.4 is 10.6 Å². The fraction of sp³-hybridized carbons (Fsp3) is 0.111. The van der Waals surface area contributed by atoms with Crippen molar-refractivity contribution >= 4 is 17.3 Å². The molecule has 0 fully saturated rings. The summed E-state index contributed by atoms with van der Waals surface area (Å²) in [6, 6.07) is 16.9. The predicted molar refractivity (Wildman–Crippen MR) is 88.3 cm³/mol. The molecule has 0 atom stereocenters. The van der Waals surface area contributed by atoms with Crippen molar-refractivity contribution in [3.8, 4) is 6.07 Å². The van der Waals surface area contributed by atoms with Crippen LogP contribution in [0, 0.1) is 25.2 Å². The van der Waals surface area contributed by atoms with E-state index in [0.29, 0.717) is 5.69 Å². The third-order valence-corrected chi connectivity index (χ3v) is 3.24. The second kappa shape index (κ2) is 7.09. The maximum absolute atomic E-state index is 12.1. The summed E-state index contributed by atoms with van der Waals surface area (Å²) >= 11 is 0. The van der Waals surface area contributed by atoms with Crippen LogP contribution in [0.3, 0.4) is 0 Å². The molecule has 2 aromatic carbocycles. The van der Waals surface area contributed by atoms with Crippen molar-refractivity contribution in [3.05, 3.63) is 71.4 Å². The number of anilines is 2. The van der Waals surface area contributed by atoms with Crippen molar-refractivity contribution in [2.75, 3.05) is 10.6 Å². The number of carbonyl (C=O) groups is 1. The highest BCUT2D eigenvalue weighted by Crippen LogP contribution is 2.19. The summed E-state index contributed by atoms with van der Waals surface area (Å²) in [4.78, 5) is 12.1. The van der Waals surface area contributed by atoms with Crippen LogP contribution in [0.15, 0.2) is 60.3 Å². The zero-order valence-corrected chi connectivity index (χ0v) is 12.6. The van der Waals surface area contributed by atoms with Gasteiger partial charge in [0.05, 0.1) is 0 Å². The van der Waals surface area contributed by atoms with Crippen molar-refractivity contribution in [2.24, 2.45) is 0 Å². The Bertz CT molecular complexity index is 722. The smallest absolute Gasteiger partial charge is 0.267 e. The molecule has 0 heterocycles. The van der Waals surface area contributed by atoms with Gasteiger partial charge < -0.3 is 10.6 Å². The minimum atomic E-state index is -0.438. The Morgan fingerprint density at radius 2 is 1.68 bits per heavy atom. The van der Waals surface area contributed by atoms with E-state index in [0.717, 1.165) is 16.8 Å². The fourth-order valence-corrected chi connectivity index (χ4v) is 2.05. The molecule has 0 aliphatic carbocycles. The van der Waals surface area contributed by atoms with Crippen molar-refractivity contribution in [1.82, 2.24) is 0 Å². The monoisotopic (exact) mass is 291 g/mol. The molecule has 0 spiro atoms. The van der Waals surface area contributed by atoms with Crippen molar-refractivity contribution < 1.29 is 4.79 Å². The van der Waals surface area contributed by atoms with Crippen molar-refractivity contribution in [3.63, 3.8) is 0 Å². The lowest BCUT2D eigenvalue weighted by Crippen LogP contribution is -2.14. The first-order chi connectivity index (χ1) is 10.6. The quantitative estimate of drug-likeness (QED) is 0.666. The largest absolute Gasteiger partial charge is 0.360 e. The van der Waals surface area contributed by atoms with E-state index in [1.807, 2.05) is 56.3 Å². The van der Waals surface area contributed by atoms with Gasteiger partial charge in [0.1, 0.15) is 11.6 Å². The predicted octanol–water partition coefficient (Wildman–Crippen LogP) is 3.76. The molecular weight excluding hydrogens is 274 g/mol. The zero-order valence-electron chi connectivity index (χ0n) is 12.6. The van der Waals surface area contributed by atoms with Gasteiger partial charge >= 0.3 is 0 Å². The first kappa shape index (κ1) is 15.3. The molecule has 110 valence electrons. The van der Waals surface area contributed by atoms with Crippen molar-refractivity contribution in [2.45, 2.75) is 13.8 Å². The maximum atomic E-state index is 12.1. The highest BCUT2D eigenvalue weighted by atomic mass is 16.1. The lowest BCUT2D eigenvalue weighted by molar-refractivity contribution is -0.112. The minimum Gasteiger partial charge on any atom is -0.360 e. The van der Waals surface area contributed by atoms with E-state index in [-0.39, 0.29) is 5.57 Å². The topological polar surface area (TPSA) is 64.9 Å². The van der Waals surface area contributed by atoms with Gasteiger partial charge in [-0.15, -0.1) is 0 Å². The molecule has 0 aromatic heterocycles. The number of hydrogen-bond acceptors (Lipinski definition) is 3. The highest BCUT2D eigenvalue weighted by Gasteiger charge is 2.09. The third kappa shape index (κ3) is 3.74. The zero-order chi connectivity index (χ0) is 15.9. The number of para-hydroxylation sites is 2. The average Bonchev–Trinajstić information content (AvgIpc) is 2.51. The van der Waals surface area contributed by atoms with Gasteiger partial charge in [-0.05, 0) is 37.1 Å². The normalized spacial score (nSPS) is 10.7. The van der Waals surface area contributed by atoms with Crippen LogP contribution in [0.4, 0.5) is 11.4 Å². The molecule has 1 amide bonds. The summed E-state index contributed by atoms with van der Waals surface area (Å²) in [6.45, 7) is 3.94. The van der Waals surface area contributed by atoms with Crippen LogP contribution in [-0.2, 0) is 4.79 Å². The number of rotatable bonds is 4. The van der Waals surface area contributed by atoms with Crippen LogP contribution in [0.25, 0.3) is 0 Å². The maximum Gasteiger partial charge on any atom is 0.267 e. The van der Waals surface area contributed by atoms with E-state index >= 15 is 0 Å². The molecule has 0 aliphatic heterocycles. The van der Waals surface area contributed by atoms with Crippen LogP contribution in [-0.4, -0.2) is 5.91 Å². The second-order valence-electron chi connectivity index (χ2n) is 4.90. The van der Waals surface area contributed by atoms with Gasteiger partial charge in [-0.25, -0.2) is 0 Å². The summed E-state index contributed by atoms with van der Waals surface area (Å²) in [7, 11) is 0. The van der Waals surface area contributed by atoms with E-state index in [1.54, 1.807) is 12.1 Å². The Hall–Kier alpha value is -3.06. The van der Waals surface area contributed by atoms with E-state index in [4.69, 9.17) is 0 Å². The molecule has 0 radical (unpaired) electrons. The van der Waals surface area contributed by atoms with E-state index in [9.17, 15) is 10.1 Å². The summed E-state index contributed by atoms with van der Waals surface area (Å²) in [5.41, 5.74) is 3.68. The summed E-state index contributed by atoms with van der Waals surface area (Å²) in [5.74, 6) is -0.438. The SMILES string of the molecule is Cc1cccc(C)c1N/C=C(\C#N)C(=O)Nc1ccccc1. The Morgan fingerprint density at radius 3 is 2.27 bits per heavy atom. The van der Waals surface area contributed by atoms with Gasteiger partial charge in [0.25, 0.3) is 5.91 Å². The average molecular weight is 291 g/mol. The Labute approximate surface area is 130 Å². The Balaban J connectivity index is 2.14. The Kier molecular flexibility index (Phi) is 4.94. The van der Waals surface area contributed by atoms with Gasteiger partial charge in [0, 0.05) is 17.6 Å². The molecule has 4 heteroatoms.